The first-order valence-electron chi connectivity index (χ1n) is 10.4. The highest BCUT2D eigenvalue weighted by atomic mass is 16.5. The van der Waals surface area contributed by atoms with Gasteiger partial charge in [0.2, 0.25) is 11.8 Å². The van der Waals surface area contributed by atoms with Crippen LogP contribution in [0.5, 0.6) is 0 Å². The Hall–Kier alpha value is -1.99. The monoisotopic (exact) mass is 386 g/mol. The first-order chi connectivity index (χ1) is 13.5. The van der Waals surface area contributed by atoms with Crippen molar-refractivity contribution >= 4 is 17.5 Å². The van der Waals surface area contributed by atoms with Crippen LogP contribution in [0.3, 0.4) is 0 Å². The highest BCUT2D eigenvalue weighted by molar-refractivity contribution is 6.01. The maximum Gasteiger partial charge on any atom is 0.247 e. The van der Waals surface area contributed by atoms with Gasteiger partial charge in [0, 0.05) is 38.5 Å². The third-order valence-corrected chi connectivity index (χ3v) is 6.61. The van der Waals surface area contributed by atoms with Crippen LogP contribution in [-0.2, 0) is 14.3 Å². The van der Waals surface area contributed by atoms with Gasteiger partial charge in [0.1, 0.15) is 5.54 Å². The van der Waals surface area contributed by atoms with Crippen molar-refractivity contribution in [1.82, 2.24) is 14.8 Å². The molecule has 152 valence electrons. The molecule has 0 aliphatic carbocycles. The molecule has 0 saturated carbocycles. The fourth-order valence-corrected chi connectivity index (χ4v) is 4.86. The number of likely N-dealkylation sites (N-methyl/N-ethyl adjacent to an activating group) is 1. The summed E-state index contributed by atoms with van der Waals surface area (Å²) < 4.78 is 5.38. The van der Waals surface area contributed by atoms with Crippen LogP contribution in [0.25, 0.3) is 0 Å². The number of carbonyl (C=O) groups is 2. The van der Waals surface area contributed by atoms with Crippen LogP contribution >= 0.6 is 0 Å². The second kappa shape index (κ2) is 7.79. The summed E-state index contributed by atoms with van der Waals surface area (Å²) in [5.74, 6) is 0.342. The summed E-state index contributed by atoms with van der Waals surface area (Å²) in [6, 6.07) is 3.93. The normalized spacial score (nSPS) is 25.5. The van der Waals surface area contributed by atoms with Gasteiger partial charge in [0.15, 0.2) is 0 Å². The van der Waals surface area contributed by atoms with Crippen LogP contribution < -0.4 is 4.90 Å². The van der Waals surface area contributed by atoms with Crippen molar-refractivity contribution in [2.45, 2.75) is 38.6 Å². The molecular weight excluding hydrogens is 356 g/mol. The molecule has 0 radical (unpaired) electrons. The van der Waals surface area contributed by atoms with Crippen LogP contribution in [0.2, 0.25) is 0 Å². The third-order valence-electron chi connectivity index (χ3n) is 6.61. The second-order valence-corrected chi connectivity index (χ2v) is 8.11. The number of carbonyl (C=O) groups excluding carboxylic acids is 2. The average Bonchev–Trinajstić information content (AvgIpc) is 3.26. The molecule has 3 aliphatic heterocycles. The van der Waals surface area contributed by atoms with Crippen LogP contribution in [0, 0.1) is 12.8 Å². The number of pyridine rings is 1. The maximum atomic E-state index is 13.6. The predicted octanol–water partition coefficient (Wildman–Crippen LogP) is 1.46. The molecule has 1 atom stereocenters. The zero-order valence-electron chi connectivity index (χ0n) is 16.9. The number of likely N-dealkylation sites (tertiary alicyclic amines) is 1. The highest BCUT2D eigenvalue weighted by Crippen LogP contribution is 2.36. The molecule has 0 aromatic carbocycles. The van der Waals surface area contributed by atoms with Gasteiger partial charge in [-0.05, 0) is 44.9 Å². The highest BCUT2D eigenvalue weighted by Gasteiger charge is 2.51. The minimum Gasteiger partial charge on any atom is -0.381 e. The van der Waals surface area contributed by atoms with E-state index in [9.17, 15) is 9.59 Å². The SMILES string of the molecule is CCN1CCN(c2ccc(C)nc2)C(=O)C12CCN(C(=O)C1CCOC1)CC2. The first-order valence-corrected chi connectivity index (χ1v) is 10.4. The predicted molar refractivity (Wildman–Crippen MR) is 106 cm³/mol. The molecule has 4 rings (SSSR count). The standard InChI is InChI=1S/C21H30N4O3/c1-3-24-11-12-25(18-5-4-16(2)22-14-18)20(27)21(24)7-9-23(10-8-21)19(26)17-6-13-28-15-17/h4-5,14,17H,3,6-13,15H2,1-2H3. The van der Waals surface area contributed by atoms with Crippen molar-refractivity contribution in [2.24, 2.45) is 5.92 Å². The Balaban J connectivity index is 1.51. The molecule has 7 heteroatoms. The van der Waals surface area contributed by atoms with Gasteiger partial charge in [0.05, 0.1) is 24.4 Å². The summed E-state index contributed by atoms with van der Waals surface area (Å²) in [6.45, 7) is 8.92. The number of ether oxygens (including phenoxy) is 1. The van der Waals surface area contributed by atoms with Gasteiger partial charge in [-0.3, -0.25) is 19.5 Å². The summed E-state index contributed by atoms with van der Waals surface area (Å²) in [4.78, 5) is 36.9. The molecule has 1 aromatic rings. The largest absolute Gasteiger partial charge is 0.381 e. The first kappa shape index (κ1) is 19.3. The molecule has 4 heterocycles. The van der Waals surface area contributed by atoms with Crippen molar-refractivity contribution in [3.05, 3.63) is 24.0 Å². The van der Waals surface area contributed by atoms with Gasteiger partial charge in [-0.1, -0.05) is 6.92 Å². The Labute approximate surface area is 166 Å². The molecule has 3 saturated heterocycles. The van der Waals surface area contributed by atoms with Gasteiger partial charge in [-0.15, -0.1) is 0 Å². The Morgan fingerprint density at radius 3 is 2.64 bits per heavy atom. The summed E-state index contributed by atoms with van der Waals surface area (Å²) in [5, 5.41) is 0. The number of hydrogen-bond donors (Lipinski definition) is 0. The summed E-state index contributed by atoms with van der Waals surface area (Å²) in [6.07, 6.45) is 3.99. The lowest BCUT2D eigenvalue weighted by molar-refractivity contribution is -0.145. The zero-order valence-corrected chi connectivity index (χ0v) is 16.9. The van der Waals surface area contributed by atoms with E-state index in [1.165, 1.54) is 0 Å². The average molecular weight is 386 g/mol. The van der Waals surface area contributed by atoms with Crippen molar-refractivity contribution < 1.29 is 14.3 Å². The fraction of sp³-hybridized carbons (Fsp3) is 0.667. The lowest BCUT2D eigenvalue weighted by Gasteiger charge is -2.52. The summed E-state index contributed by atoms with van der Waals surface area (Å²) >= 11 is 0. The Morgan fingerprint density at radius 1 is 1.25 bits per heavy atom. The number of anilines is 1. The number of rotatable bonds is 3. The molecule has 1 aromatic heterocycles. The number of aryl methyl sites for hydroxylation is 1. The molecule has 0 bridgehead atoms. The van der Waals surface area contributed by atoms with Crippen molar-refractivity contribution in [3.8, 4) is 0 Å². The van der Waals surface area contributed by atoms with E-state index in [1.807, 2.05) is 28.9 Å². The fourth-order valence-electron chi connectivity index (χ4n) is 4.86. The molecule has 2 amide bonds. The molecule has 1 unspecified atom stereocenters. The van der Waals surface area contributed by atoms with E-state index in [-0.39, 0.29) is 17.7 Å². The van der Waals surface area contributed by atoms with Crippen molar-refractivity contribution in [2.75, 3.05) is 50.8 Å². The van der Waals surface area contributed by atoms with Crippen LogP contribution in [-0.4, -0.2) is 78.1 Å². The van der Waals surface area contributed by atoms with E-state index in [0.717, 1.165) is 30.9 Å². The summed E-state index contributed by atoms with van der Waals surface area (Å²) in [5.41, 5.74) is 1.30. The van der Waals surface area contributed by atoms with E-state index in [4.69, 9.17) is 4.74 Å². The van der Waals surface area contributed by atoms with Crippen LogP contribution in [0.15, 0.2) is 18.3 Å². The summed E-state index contributed by atoms with van der Waals surface area (Å²) in [7, 11) is 0. The molecule has 28 heavy (non-hydrogen) atoms. The molecule has 3 aliphatic rings. The Kier molecular flexibility index (Phi) is 5.38. The molecule has 0 N–H and O–H groups in total. The van der Waals surface area contributed by atoms with E-state index >= 15 is 0 Å². The van der Waals surface area contributed by atoms with Crippen molar-refractivity contribution in [3.63, 3.8) is 0 Å². The van der Waals surface area contributed by atoms with E-state index < -0.39 is 5.54 Å². The zero-order chi connectivity index (χ0) is 19.7. The number of aromatic nitrogens is 1. The third kappa shape index (κ3) is 3.31. The lowest BCUT2D eigenvalue weighted by atomic mass is 9.82. The Bertz CT molecular complexity index is 722. The maximum absolute atomic E-state index is 13.6. The number of amides is 2. The minimum absolute atomic E-state index is 0.00600. The second-order valence-electron chi connectivity index (χ2n) is 8.11. The van der Waals surface area contributed by atoms with Gasteiger partial charge in [-0.25, -0.2) is 0 Å². The van der Waals surface area contributed by atoms with E-state index in [0.29, 0.717) is 45.7 Å². The van der Waals surface area contributed by atoms with Crippen molar-refractivity contribution in [1.29, 1.82) is 0 Å². The molecule has 1 spiro atoms. The lowest BCUT2D eigenvalue weighted by Crippen LogP contribution is -2.69. The number of piperidine rings is 1. The molecular formula is C21H30N4O3. The molecule has 7 nitrogen and oxygen atoms in total. The van der Waals surface area contributed by atoms with Crippen LogP contribution in [0.1, 0.15) is 31.9 Å². The number of hydrogen-bond acceptors (Lipinski definition) is 5. The van der Waals surface area contributed by atoms with Gasteiger partial charge in [-0.2, -0.15) is 0 Å². The van der Waals surface area contributed by atoms with Gasteiger partial charge >= 0.3 is 0 Å². The van der Waals surface area contributed by atoms with E-state index in [2.05, 4.69) is 16.8 Å². The number of piperazine rings is 1. The molecule has 3 fully saturated rings. The number of nitrogens with zero attached hydrogens (tertiary/aromatic N) is 4. The smallest absolute Gasteiger partial charge is 0.247 e. The Morgan fingerprint density at radius 2 is 2.04 bits per heavy atom. The topological polar surface area (TPSA) is 66.0 Å². The van der Waals surface area contributed by atoms with Gasteiger partial charge < -0.3 is 14.5 Å². The van der Waals surface area contributed by atoms with Gasteiger partial charge in [0.25, 0.3) is 0 Å². The van der Waals surface area contributed by atoms with Crippen LogP contribution in [0.4, 0.5) is 5.69 Å². The van der Waals surface area contributed by atoms with E-state index in [1.54, 1.807) is 6.20 Å². The quantitative estimate of drug-likeness (QED) is 0.787. The minimum atomic E-state index is -0.513.